The lowest BCUT2D eigenvalue weighted by Gasteiger charge is -2.10. The lowest BCUT2D eigenvalue weighted by atomic mass is 10.0. The van der Waals surface area contributed by atoms with Gasteiger partial charge in [0.15, 0.2) is 0 Å². The Kier molecular flexibility index (Phi) is 8.12. The molecule has 0 bridgehead atoms. The molecule has 0 aliphatic rings. The van der Waals surface area contributed by atoms with E-state index in [9.17, 15) is 9.12 Å². The molecule has 186 valence electrons. The maximum absolute atomic E-state index is 12.9. The Morgan fingerprint density at radius 2 is 2.03 bits per heavy atom. The first kappa shape index (κ1) is 25.6. The molecule has 0 saturated carbocycles. The third-order valence-electron chi connectivity index (χ3n) is 5.10. The largest absolute Gasteiger partial charge is 0.610 e. The highest BCUT2D eigenvalue weighted by atomic mass is 32.2. The third-order valence-corrected chi connectivity index (χ3v) is 7.86. The van der Waals surface area contributed by atoms with E-state index in [1.54, 1.807) is 18.3 Å². The number of phosphoric acid groups is 1. The van der Waals surface area contributed by atoms with E-state index in [1.807, 2.05) is 30.5 Å². The van der Waals surface area contributed by atoms with Crippen molar-refractivity contribution in [3.63, 3.8) is 0 Å². The Bertz CT molecular complexity index is 1320. The van der Waals surface area contributed by atoms with Gasteiger partial charge >= 0.3 is 7.82 Å². The lowest BCUT2D eigenvalue weighted by molar-refractivity contribution is 0.160. The number of nitrogens with two attached hydrogens (primary N) is 1. The molecule has 35 heavy (non-hydrogen) atoms. The van der Waals surface area contributed by atoms with Gasteiger partial charge in [-0.25, -0.2) is 14.5 Å². The van der Waals surface area contributed by atoms with E-state index in [1.165, 1.54) is 11.3 Å². The number of rotatable bonds is 11. The van der Waals surface area contributed by atoms with Crippen molar-refractivity contribution in [2.24, 2.45) is 0 Å². The zero-order valence-corrected chi connectivity index (χ0v) is 21.4. The zero-order valence-electron chi connectivity index (χ0n) is 18.8. The number of phosphoric ester groups is 1. The monoisotopic (exact) mass is 536 g/mol. The molecular weight excluding hydrogens is 511 g/mol. The number of pyridine rings is 1. The molecule has 0 fully saturated rings. The van der Waals surface area contributed by atoms with Gasteiger partial charge in [-0.05, 0) is 35.7 Å². The number of fused-ring (bicyclic) bond motifs is 1. The SMILES string of the molecule is CCCC[S+]([O-])c1[nH]c2nc(-c3nccs3)cc(-c3ccc(OCCOP(=O)(O)O)cc3)c2c1N. The summed E-state index contributed by atoms with van der Waals surface area (Å²) < 4.78 is 33.5. The van der Waals surface area contributed by atoms with Gasteiger partial charge in [-0.1, -0.05) is 25.5 Å². The van der Waals surface area contributed by atoms with E-state index in [4.69, 9.17) is 25.2 Å². The minimum atomic E-state index is -4.53. The van der Waals surface area contributed by atoms with Gasteiger partial charge in [0.1, 0.15) is 40.1 Å². The van der Waals surface area contributed by atoms with E-state index in [2.05, 4.69) is 14.5 Å². The first-order valence-electron chi connectivity index (χ1n) is 10.8. The summed E-state index contributed by atoms with van der Waals surface area (Å²) >= 11 is 0.195. The van der Waals surface area contributed by atoms with E-state index < -0.39 is 19.0 Å². The van der Waals surface area contributed by atoms with E-state index in [-0.39, 0.29) is 13.2 Å². The number of hydrogen-bond donors (Lipinski definition) is 4. The van der Waals surface area contributed by atoms with Crippen molar-refractivity contribution in [1.82, 2.24) is 15.0 Å². The second-order valence-electron chi connectivity index (χ2n) is 7.58. The highest BCUT2D eigenvalue weighted by Crippen LogP contribution is 2.39. The van der Waals surface area contributed by atoms with Crippen LogP contribution in [0.15, 0.2) is 46.9 Å². The Morgan fingerprint density at radius 1 is 1.26 bits per heavy atom. The van der Waals surface area contributed by atoms with Gasteiger partial charge in [0.25, 0.3) is 0 Å². The quantitative estimate of drug-likeness (QED) is 0.124. The summed E-state index contributed by atoms with van der Waals surface area (Å²) in [5, 5.41) is 3.79. The second-order valence-corrected chi connectivity index (χ2v) is 11.2. The Hall–Kier alpha value is -2.44. The van der Waals surface area contributed by atoms with Crippen LogP contribution in [0, 0.1) is 0 Å². The van der Waals surface area contributed by atoms with Crippen LogP contribution < -0.4 is 10.5 Å². The lowest BCUT2D eigenvalue weighted by Crippen LogP contribution is -2.09. The molecule has 1 aromatic carbocycles. The highest BCUT2D eigenvalue weighted by Gasteiger charge is 2.24. The molecule has 13 heteroatoms. The number of benzene rings is 1. The molecule has 0 saturated heterocycles. The van der Waals surface area contributed by atoms with Gasteiger partial charge in [-0.15, -0.1) is 11.3 Å². The van der Waals surface area contributed by atoms with Crippen molar-refractivity contribution in [3.05, 3.63) is 41.9 Å². The number of anilines is 1. The van der Waals surface area contributed by atoms with Crippen LogP contribution in [0.5, 0.6) is 5.75 Å². The van der Waals surface area contributed by atoms with E-state index in [0.717, 1.165) is 29.0 Å². The topological polar surface area (TPSA) is 167 Å². The number of aromatic amines is 1. The number of nitrogen functional groups attached to an aromatic ring is 1. The summed E-state index contributed by atoms with van der Waals surface area (Å²) in [6.07, 6.45) is 3.47. The maximum atomic E-state index is 12.9. The maximum Gasteiger partial charge on any atom is 0.469 e. The number of hydrogen-bond acceptors (Lipinski definition) is 8. The fourth-order valence-corrected chi connectivity index (χ4v) is 5.71. The first-order valence-corrected chi connectivity index (χ1v) is 14.5. The van der Waals surface area contributed by atoms with Crippen LogP contribution in [0.25, 0.3) is 32.9 Å². The predicted molar refractivity (Wildman–Crippen MR) is 137 cm³/mol. The molecule has 0 aliphatic carbocycles. The minimum Gasteiger partial charge on any atom is -0.610 e. The van der Waals surface area contributed by atoms with Gasteiger partial charge in [0.05, 0.1) is 12.0 Å². The van der Waals surface area contributed by atoms with Crippen LogP contribution in [-0.4, -0.2) is 48.3 Å². The molecule has 3 aromatic heterocycles. The average Bonchev–Trinajstić information content (AvgIpc) is 3.48. The van der Waals surface area contributed by atoms with Crippen molar-refractivity contribution in [2.75, 3.05) is 24.7 Å². The normalized spacial score (nSPS) is 12.8. The Morgan fingerprint density at radius 3 is 2.69 bits per heavy atom. The molecule has 4 rings (SSSR count). The number of nitrogens with one attached hydrogen (secondary N) is 1. The molecule has 1 atom stereocenters. The van der Waals surface area contributed by atoms with Crippen molar-refractivity contribution in [2.45, 2.75) is 24.8 Å². The van der Waals surface area contributed by atoms with Crippen molar-refractivity contribution >= 4 is 47.1 Å². The Labute approximate surface area is 209 Å². The number of unbranched alkanes of at least 4 members (excludes halogenated alkanes) is 1. The smallest absolute Gasteiger partial charge is 0.469 e. The summed E-state index contributed by atoms with van der Waals surface area (Å²) in [5.41, 5.74) is 9.76. The van der Waals surface area contributed by atoms with Crippen LogP contribution in [0.1, 0.15) is 19.8 Å². The Balaban J connectivity index is 1.68. The van der Waals surface area contributed by atoms with Crippen LogP contribution in [0.3, 0.4) is 0 Å². The van der Waals surface area contributed by atoms with Crippen LogP contribution in [-0.2, 0) is 20.3 Å². The summed E-state index contributed by atoms with van der Waals surface area (Å²) in [6, 6.07) is 9.09. The average molecular weight is 537 g/mol. The molecule has 0 radical (unpaired) electrons. The van der Waals surface area contributed by atoms with E-state index >= 15 is 0 Å². The standard InChI is InChI=1S/C22H25N4O6PS2/c1-2-3-12-35(30)22-19(23)18-16(13-17(25-20(18)26-22)21-24-8-11-34-21)14-4-6-15(7-5-14)31-9-10-32-33(27,28)29/h4-8,11,13H,2-3,9-10,12,23H2,1H3,(H,25,26)(H2,27,28,29). The zero-order chi connectivity index (χ0) is 25.0. The number of ether oxygens (including phenoxy) is 1. The van der Waals surface area contributed by atoms with E-state index in [0.29, 0.717) is 38.9 Å². The minimum absolute atomic E-state index is 0.0180. The third kappa shape index (κ3) is 6.22. The predicted octanol–water partition coefficient (Wildman–Crippen LogP) is 4.33. The molecule has 10 nitrogen and oxygen atoms in total. The molecule has 5 N–H and O–H groups in total. The number of aromatic nitrogens is 3. The number of thiazole rings is 1. The molecule has 0 amide bonds. The van der Waals surface area contributed by atoms with Crippen LogP contribution in [0.2, 0.25) is 0 Å². The fourth-order valence-electron chi connectivity index (χ4n) is 3.49. The molecular formula is C22H25N4O6PS2. The number of nitrogens with zero attached hydrogens (tertiary/aromatic N) is 2. The van der Waals surface area contributed by atoms with Gasteiger partial charge in [-0.3, -0.25) is 9.51 Å². The molecule has 0 aliphatic heterocycles. The first-order chi connectivity index (χ1) is 16.8. The van der Waals surface area contributed by atoms with Gasteiger partial charge in [0, 0.05) is 22.8 Å². The summed E-state index contributed by atoms with van der Waals surface area (Å²) in [4.78, 5) is 29.8. The number of H-pyrrole nitrogens is 1. The molecule has 3 heterocycles. The second kappa shape index (κ2) is 11.1. The van der Waals surface area contributed by atoms with Crippen molar-refractivity contribution in [3.8, 4) is 27.6 Å². The van der Waals surface area contributed by atoms with Crippen LogP contribution >= 0.6 is 19.2 Å². The summed E-state index contributed by atoms with van der Waals surface area (Å²) in [5.74, 6) is 1.02. The summed E-state index contributed by atoms with van der Waals surface area (Å²) in [7, 11) is -4.53. The van der Waals surface area contributed by atoms with Crippen molar-refractivity contribution < 1.29 is 28.2 Å². The van der Waals surface area contributed by atoms with Crippen molar-refractivity contribution in [1.29, 1.82) is 0 Å². The highest BCUT2D eigenvalue weighted by molar-refractivity contribution is 7.91. The molecule has 4 aromatic rings. The summed E-state index contributed by atoms with van der Waals surface area (Å²) in [6.45, 7) is 1.78. The molecule has 1 unspecified atom stereocenters. The fraction of sp³-hybridized carbons (Fsp3) is 0.273. The molecule has 0 spiro atoms. The van der Waals surface area contributed by atoms with Gasteiger partial charge in [0.2, 0.25) is 5.03 Å². The van der Waals surface area contributed by atoms with Gasteiger partial charge in [-0.2, -0.15) is 0 Å². The van der Waals surface area contributed by atoms with Gasteiger partial charge < -0.3 is 24.8 Å². The van der Waals surface area contributed by atoms with Crippen LogP contribution in [0.4, 0.5) is 5.69 Å².